The van der Waals surface area contributed by atoms with Crippen LogP contribution in [0.1, 0.15) is 36.7 Å². The second kappa shape index (κ2) is 6.35. The predicted molar refractivity (Wildman–Crippen MR) is 96.6 cm³/mol. The van der Waals surface area contributed by atoms with Crippen LogP contribution in [0.5, 0.6) is 0 Å². The lowest BCUT2D eigenvalue weighted by atomic mass is 9.78. The van der Waals surface area contributed by atoms with Gasteiger partial charge in [0.05, 0.1) is 5.69 Å². The van der Waals surface area contributed by atoms with E-state index in [2.05, 4.69) is 44.0 Å². The zero-order valence-electron chi connectivity index (χ0n) is 14.5. The van der Waals surface area contributed by atoms with Crippen molar-refractivity contribution in [3.8, 4) is 0 Å². The Morgan fingerprint density at radius 2 is 2.16 bits per heavy atom. The normalized spacial score (nSPS) is 21.7. The zero-order valence-corrected chi connectivity index (χ0v) is 15.2. The molecule has 4 rings (SSSR count). The van der Waals surface area contributed by atoms with Crippen molar-refractivity contribution in [3.05, 3.63) is 52.8 Å². The van der Waals surface area contributed by atoms with E-state index in [9.17, 15) is 0 Å². The third kappa shape index (κ3) is 3.24. The summed E-state index contributed by atoms with van der Waals surface area (Å²) >= 11 is 6.12. The number of rotatable bonds is 3. The summed E-state index contributed by atoms with van der Waals surface area (Å²) in [6.45, 7) is 7.21. The number of halogens is 1. The van der Waals surface area contributed by atoms with Crippen molar-refractivity contribution in [1.29, 1.82) is 0 Å². The van der Waals surface area contributed by atoms with E-state index >= 15 is 0 Å². The molecule has 130 valence electrons. The van der Waals surface area contributed by atoms with Gasteiger partial charge in [-0.15, -0.1) is 0 Å². The van der Waals surface area contributed by atoms with E-state index in [1.807, 2.05) is 23.7 Å². The third-order valence-corrected chi connectivity index (χ3v) is 5.16. The van der Waals surface area contributed by atoms with Crippen molar-refractivity contribution in [3.63, 3.8) is 0 Å². The largest absolute Gasteiger partial charge is 0.298 e. The summed E-state index contributed by atoms with van der Waals surface area (Å²) in [4.78, 5) is 15.2. The van der Waals surface area contributed by atoms with Gasteiger partial charge in [0, 0.05) is 30.4 Å². The van der Waals surface area contributed by atoms with E-state index in [1.54, 1.807) is 6.33 Å². The van der Waals surface area contributed by atoms with Crippen LogP contribution in [0.2, 0.25) is 5.15 Å². The van der Waals surface area contributed by atoms with Crippen molar-refractivity contribution in [1.82, 2.24) is 29.5 Å². The first-order valence-corrected chi connectivity index (χ1v) is 8.92. The van der Waals surface area contributed by atoms with Crippen molar-refractivity contribution in [2.24, 2.45) is 0 Å². The number of nitrogens with zero attached hydrogens (tertiary/aromatic N) is 6. The van der Waals surface area contributed by atoms with Crippen LogP contribution in [-0.2, 0) is 12.0 Å². The van der Waals surface area contributed by atoms with Crippen molar-refractivity contribution in [2.75, 3.05) is 13.1 Å². The van der Waals surface area contributed by atoms with Crippen molar-refractivity contribution in [2.45, 2.75) is 38.6 Å². The number of piperidine rings is 1. The molecule has 4 heterocycles. The first-order chi connectivity index (χ1) is 12.0. The molecule has 0 N–H and O–H groups in total. The van der Waals surface area contributed by atoms with E-state index in [0.29, 0.717) is 10.9 Å². The van der Waals surface area contributed by atoms with Gasteiger partial charge in [0.25, 0.3) is 5.78 Å². The smallest absolute Gasteiger partial charge is 0.252 e. The highest BCUT2D eigenvalue weighted by Crippen LogP contribution is 2.34. The van der Waals surface area contributed by atoms with Crippen LogP contribution in [0.4, 0.5) is 0 Å². The molecule has 7 heteroatoms. The third-order valence-electron chi connectivity index (χ3n) is 4.96. The lowest BCUT2D eigenvalue weighted by Crippen LogP contribution is -2.44. The first kappa shape index (κ1) is 16.4. The van der Waals surface area contributed by atoms with Crippen LogP contribution in [-0.4, -0.2) is 42.6 Å². The van der Waals surface area contributed by atoms with Gasteiger partial charge in [0.15, 0.2) is 0 Å². The van der Waals surface area contributed by atoms with Gasteiger partial charge in [-0.2, -0.15) is 10.1 Å². The Labute approximate surface area is 151 Å². The van der Waals surface area contributed by atoms with Crippen LogP contribution in [0.15, 0.2) is 30.7 Å². The number of fused-ring (bicyclic) bond motifs is 1. The summed E-state index contributed by atoms with van der Waals surface area (Å²) in [6.07, 6.45) is 5.67. The summed E-state index contributed by atoms with van der Waals surface area (Å²) in [5.41, 5.74) is 3.35. The molecule has 1 aliphatic rings. The van der Waals surface area contributed by atoms with Gasteiger partial charge >= 0.3 is 0 Å². The Balaban J connectivity index is 1.60. The monoisotopic (exact) mass is 356 g/mol. The number of pyridine rings is 1. The van der Waals surface area contributed by atoms with Crippen LogP contribution < -0.4 is 0 Å². The second-order valence-corrected chi connectivity index (χ2v) is 7.50. The molecule has 0 bridgehead atoms. The molecule has 3 aromatic rings. The van der Waals surface area contributed by atoms with Crippen molar-refractivity contribution < 1.29 is 0 Å². The molecule has 1 fully saturated rings. The Hall–Kier alpha value is -2.05. The fraction of sp³-hybridized carbons (Fsp3) is 0.444. The average Bonchev–Trinajstić information content (AvgIpc) is 3.02. The molecule has 1 aliphatic heterocycles. The number of hydrogen-bond donors (Lipinski definition) is 0. The highest BCUT2D eigenvalue weighted by atomic mass is 35.5. The standard InChI is InChI=1S/C18H21ClN6/c1-13-8-14(9-16(19)23-13)10-24-7-3-5-18(2,11-24)15-4-6-20-17-21-12-22-25(15)17/h4,6,8-9,12H,3,5,7,10-11H2,1-2H3/t18-/m0/s1. The summed E-state index contributed by atoms with van der Waals surface area (Å²) in [6, 6.07) is 6.14. The molecule has 1 saturated heterocycles. The quantitative estimate of drug-likeness (QED) is 0.675. The summed E-state index contributed by atoms with van der Waals surface area (Å²) in [5, 5.41) is 4.93. The molecular formula is C18H21ClN6. The molecule has 0 aromatic carbocycles. The summed E-state index contributed by atoms with van der Waals surface area (Å²) < 4.78 is 1.87. The van der Waals surface area contributed by atoms with Gasteiger partial charge < -0.3 is 0 Å². The highest BCUT2D eigenvalue weighted by Gasteiger charge is 2.35. The van der Waals surface area contributed by atoms with Crippen LogP contribution in [0.25, 0.3) is 5.78 Å². The first-order valence-electron chi connectivity index (χ1n) is 8.54. The van der Waals surface area contributed by atoms with Crippen LogP contribution in [0, 0.1) is 6.92 Å². The maximum Gasteiger partial charge on any atom is 0.252 e. The molecule has 6 nitrogen and oxygen atoms in total. The van der Waals surface area contributed by atoms with E-state index in [-0.39, 0.29) is 5.41 Å². The van der Waals surface area contributed by atoms with Gasteiger partial charge in [-0.1, -0.05) is 18.5 Å². The minimum Gasteiger partial charge on any atom is -0.298 e. The van der Waals surface area contributed by atoms with E-state index in [0.717, 1.165) is 38.2 Å². The maximum absolute atomic E-state index is 6.12. The molecule has 0 unspecified atom stereocenters. The van der Waals surface area contributed by atoms with E-state index < -0.39 is 0 Å². The molecule has 3 aromatic heterocycles. The number of aromatic nitrogens is 5. The number of hydrogen-bond acceptors (Lipinski definition) is 5. The number of likely N-dealkylation sites (tertiary alicyclic amines) is 1. The van der Waals surface area contributed by atoms with E-state index in [4.69, 9.17) is 11.6 Å². The lowest BCUT2D eigenvalue weighted by molar-refractivity contribution is 0.145. The zero-order chi connectivity index (χ0) is 17.4. The lowest BCUT2D eigenvalue weighted by Gasteiger charge is -2.40. The van der Waals surface area contributed by atoms with Crippen molar-refractivity contribution >= 4 is 17.4 Å². The minimum absolute atomic E-state index is 0.0129. The fourth-order valence-electron chi connectivity index (χ4n) is 3.93. The topological polar surface area (TPSA) is 59.2 Å². The van der Waals surface area contributed by atoms with Gasteiger partial charge in [0.1, 0.15) is 11.5 Å². The molecule has 0 saturated carbocycles. The second-order valence-electron chi connectivity index (χ2n) is 7.12. The average molecular weight is 357 g/mol. The Morgan fingerprint density at radius 3 is 3.00 bits per heavy atom. The summed E-state index contributed by atoms with van der Waals surface area (Å²) in [5.74, 6) is 0.660. The predicted octanol–water partition coefficient (Wildman–Crippen LogP) is 3.03. The highest BCUT2D eigenvalue weighted by molar-refractivity contribution is 6.29. The fourth-order valence-corrected chi connectivity index (χ4v) is 4.20. The Bertz CT molecular complexity index is 887. The van der Waals surface area contributed by atoms with Gasteiger partial charge in [0.2, 0.25) is 0 Å². The maximum atomic E-state index is 6.12. The van der Waals surface area contributed by atoms with Crippen LogP contribution in [0.3, 0.4) is 0 Å². The van der Waals surface area contributed by atoms with Crippen LogP contribution >= 0.6 is 11.6 Å². The van der Waals surface area contributed by atoms with E-state index in [1.165, 1.54) is 11.3 Å². The Kier molecular flexibility index (Phi) is 4.17. The molecule has 0 radical (unpaired) electrons. The molecule has 0 amide bonds. The van der Waals surface area contributed by atoms with Gasteiger partial charge in [-0.3, -0.25) is 4.90 Å². The minimum atomic E-state index is 0.0129. The SMILES string of the molecule is Cc1cc(CN2CCC[C@](C)(c3ccnc4ncnn34)C2)cc(Cl)n1. The molecular weight excluding hydrogens is 336 g/mol. The van der Waals surface area contributed by atoms with Gasteiger partial charge in [-0.25, -0.2) is 14.5 Å². The molecule has 25 heavy (non-hydrogen) atoms. The molecule has 1 atom stereocenters. The molecule has 0 spiro atoms. The van der Waals surface area contributed by atoms with Gasteiger partial charge in [-0.05, 0) is 50.1 Å². The number of aryl methyl sites for hydroxylation is 1. The molecule has 0 aliphatic carbocycles. The Morgan fingerprint density at radius 1 is 1.28 bits per heavy atom. The summed E-state index contributed by atoms with van der Waals surface area (Å²) in [7, 11) is 0.